The van der Waals surface area contributed by atoms with E-state index in [1.807, 2.05) is 37.3 Å². The second-order valence-electron chi connectivity index (χ2n) is 5.26. The fraction of sp³-hybridized carbons (Fsp3) is 0.222. The number of aryl methyl sites for hydroxylation is 1. The number of amides is 2. The fourth-order valence-electron chi connectivity index (χ4n) is 1.98. The maximum absolute atomic E-state index is 12.0. The van der Waals surface area contributed by atoms with Crippen molar-refractivity contribution < 1.29 is 9.59 Å². The molecule has 0 radical (unpaired) electrons. The molecular weight excluding hydrogens is 276 g/mol. The standard InChI is InChI=1S/C18H20N2O2/c1-13-8-10-15(11-9-13)12-19-17(21)14(2)20-18(22)16-6-4-3-5-7-16/h3-11,14H,12H2,1-2H3,(H,19,21)(H,20,22)/t14-/m1/s1. The Bertz CT molecular complexity index is 636. The highest BCUT2D eigenvalue weighted by Gasteiger charge is 2.15. The van der Waals surface area contributed by atoms with E-state index in [-0.39, 0.29) is 11.8 Å². The van der Waals surface area contributed by atoms with Crippen LogP contribution in [0.25, 0.3) is 0 Å². The summed E-state index contributed by atoms with van der Waals surface area (Å²) < 4.78 is 0. The molecule has 0 aromatic heterocycles. The van der Waals surface area contributed by atoms with Gasteiger partial charge in [-0.1, -0.05) is 48.0 Å². The van der Waals surface area contributed by atoms with Gasteiger partial charge in [0.1, 0.15) is 6.04 Å². The molecule has 114 valence electrons. The molecule has 4 nitrogen and oxygen atoms in total. The third kappa shape index (κ3) is 4.45. The van der Waals surface area contributed by atoms with Crippen LogP contribution in [-0.2, 0) is 11.3 Å². The van der Waals surface area contributed by atoms with Crippen LogP contribution in [0.1, 0.15) is 28.4 Å². The molecule has 0 saturated heterocycles. The van der Waals surface area contributed by atoms with Gasteiger partial charge in [0.05, 0.1) is 0 Å². The number of carbonyl (C=O) groups is 2. The largest absolute Gasteiger partial charge is 0.350 e. The fourth-order valence-corrected chi connectivity index (χ4v) is 1.98. The summed E-state index contributed by atoms with van der Waals surface area (Å²) in [6.07, 6.45) is 0. The second kappa shape index (κ2) is 7.41. The van der Waals surface area contributed by atoms with Gasteiger partial charge in [-0.3, -0.25) is 9.59 Å². The number of hydrogen-bond acceptors (Lipinski definition) is 2. The van der Waals surface area contributed by atoms with Crippen LogP contribution in [0.15, 0.2) is 54.6 Å². The lowest BCUT2D eigenvalue weighted by Crippen LogP contribution is -2.44. The zero-order chi connectivity index (χ0) is 15.9. The first-order chi connectivity index (χ1) is 10.6. The second-order valence-corrected chi connectivity index (χ2v) is 5.26. The Labute approximate surface area is 130 Å². The molecule has 0 heterocycles. The minimum atomic E-state index is -0.585. The lowest BCUT2D eigenvalue weighted by molar-refractivity contribution is -0.122. The Morgan fingerprint density at radius 1 is 1.00 bits per heavy atom. The molecule has 0 bridgehead atoms. The average molecular weight is 296 g/mol. The summed E-state index contributed by atoms with van der Waals surface area (Å²) in [7, 11) is 0. The van der Waals surface area contributed by atoms with Crippen LogP contribution in [0.4, 0.5) is 0 Å². The molecule has 2 aromatic rings. The van der Waals surface area contributed by atoms with Crippen LogP contribution < -0.4 is 10.6 Å². The van der Waals surface area contributed by atoms with Crippen LogP contribution in [0.5, 0.6) is 0 Å². The maximum Gasteiger partial charge on any atom is 0.251 e. The number of hydrogen-bond donors (Lipinski definition) is 2. The van der Waals surface area contributed by atoms with Crippen LogP contribution in [0.2, 0.25) is 0 Å². The highest BCUT2D eigenvalue weighted by atomic mass is 16.2. The molecule has 0 fully saturated rings. The zero-order valence-electron chi connectivity index (χ0n) is 12.8. The summed E-state index contributed by atoms with van der Waals surface area (Å²) in [5.41, 5.74) is 2.75. The molecule has 2 amide bonds. The molecule has 0 spiro atoms. The molecule has 0 aliphatic carbocycles. The molecule has 0 aliphatic heterocycles. The van der Waals surface area contributed by atoms with Gasteiger partial charge >= 0.3 is 0 Å². The van der Waals surface area contributed by atoms with Crippen molar-refractivity contribution in [1.29, 1.82) is 0 Å². The zero-order valence-corrected chi connectivity index (χ0v) is 12.8. The van der Waals surface area contributed by atoms with Crippen LogP contribution in [-0.4, -0.2) is 17.9 Å². The van der Waals surface area contributed by atoms with E-state index in [0.717, 1.165) is 5.56 Å². The van der Waals surface area contributed by atoms with Crippen molar-refractivity contribution in [3.8, 4) is 0 Å². The van der Waals surface area contributed by atoms with Gasteiger partial charge in [0.2, 0.25) is 5.91 Å². The van der Waals surface area contributed by atoms with Gasteiger partial charge in [0.25, 0.3) is 5.91 Å². The van der Waals surface area contributed by atoms with Crippen molar-refractivity contribution >= 4 is 11.8 Å². The molecule has 22 heavy (non-hydrogen) atoms. The first-order valence-corrected chi connectivity index (χ1v) is 7.25. The van der Waals surface area contributed by atoms with Crippen LogP contribution in [0, 0.1) is 6.92 Å². The maximum atomic E-state index is 12.0. The lowest BCUT2D eigenvalue weighted by Gasteiger charge is -2.14. The molecule has 1 atom stereocenters. The minimum absolute atomic E-state index is 0.204. The summed E-state index contributed by atoms with van der Waals surface area (Å²) in [6, 6.07) is 16.2. The van der Waals surface area contributed by atoms with Crippen molar-refractivity contribution in [3.63, 3.8) is 0 Å². The van der Waals surface area contributed by atoms with Crippen LogP contribution in [0.3, 0.4) is 0 Å². The Morgan fingerprint density at radius 3 is 2.27 bits per heavy atom. The van der Waals surface area contributed by atoms with E-state index in [1.165, 1.54) is 5.56 Å². The minimum Gasteiger partial charge on any atom is -0.350 e. The predicted molar refractivity (Wildman–Crippen MR) is 86.4 cm³/mol. The van der Waals surface area contributed by atoms with E-state index < -0.39 is 6.04 Å². The third-order valence-corrected chi connectivity index (χ3v) is 3.36. The summed E-state index contributed by atoms with van der Waals surface area (Å²) in [5.74, 6) is -0.455. The average Bonchev–Trinajstić information content (AvgIpc) is 2.54. The van der Waals surface area contributed by atoms with Crippen molar-refractivity contribution in [2.45, 2.75) is 26.4 Å². The number of benzene rings is 2. The van der Waals surface area contributed by atoms with Gasteiger partial charge in [-0.2, -0.15) is 0 Å². The molecule has 2 rings (SSSR count). The summed E-state index contributed by atoms with van der Waals surface area (Å²) in [5, 5.41) is 5.51. The topological polar surface area (TPSA) is 58.2 Å². The number of carbonyl (C=O) groups excluding carboxylic acids is 2. The van der Waals surface area contributed by atoms with Gasteiger partial charge in [-0.25, -0.2) is 0 Å². The molecule has 2 aromatic carbocycles. The highest BCUT2D eigenvalue weighted by Crippen LogP contribution is 2.03. The van der Waals surface area contributed by atoms with E-state index in [9.17, 15) is 9.59 Å². The summed E-state index contributed by atoms with van der Waals surface area (Å²) >= 11 is 0. The van der Waals surface area contributed by atoms with Gasteiger partial charge < -0.3 is 10.6 Å². The highest BCUT2D eigenvalue weighted by molar-refractivity contribution is 5.97. The first kappa shape index (κ1) is 15.8. The Hall–Kier alpha value is -2.62. The molecular formula is C18H20N2O2. The molecule has 0 unspecified atom stereocenters. The number of nitrogens with one attached hydrogen (secondary N) is 2. The van der Waals surface area contributed by atoms with E-state index >= 15 is 0 Å². The lowest BCUT2D eigenvalue weighted by atomic mass is 10.1. The molecule has 2 N–H and O–H groups in total. The molecule has 4 heteroatoms. The van der Waals surface area contributed by atoms with Gasteiger partial charge in [0, 0.05) is 12.1 Å². The van der Waals surface area contributed by atoms with Crippen LogP contribution >= 0.6 is 0 Å². The van der Waals surface area contributed by atoms with Crippen molar-refractivity contribution in [2.24, 2.45) is 0 Å². The van der Waals surface area contributed by atoms with Gasteiger partial charge in [-0.15, -0.1) is 0 Å². The molecule has 0 saturated carbocycles. The van der Waals surface area contributed by atoms with Gasteiger partial charge in [0.15, 0.2) is 0 Å². The predicted octanol–water partition coefficient (Wildman–Crippen LogP) is 2.43. The van der Waals surface area contributed by atoms with Crippen molar-refractivity contribution in [1.82, 2.24) is 10.6 Å². The normalized spacial score (nSPS) is 11.5. The summed E-state index contributed by atoms with van der Waals surface area (Å²) in [6.45, 7) is 4.14. The first-order valence-electron chi connectivity index (χ1n) is 7.25. The Morgan fingerprint density at radius 2 is 1.64 bits per heavy atom. The number of rotatable bonds is 5. The SMILES string of the molecule is Cc1ccc(CNC(=O)[C@@H](C)NC(=O)c2ccccc2)cc1. The van der Waals surface area contributed by atoms with Crippen molar-refractivity contribution in [3.05, 3.63) is 71.3 Å². The summed E-state index contributed by atoms with van der Waals surface area (Å²) in [4.78, 5) is 24.0. The monoisotopic (exact) mass is 296 g/mol. The quantitative estimate of drug-likeness (QED) is 0.890. The van der Waals surface area contributed by atoms with E-state index in [0.29, 0.717) is 12.1 Å². The van der Waals surface area contributed by atoms with E-state index in [2.05, 4.69) is 10.6 Å². The van der Waals surface area contributed by atoms with Crippen molar-refractivity contribution in [2.75, 3.05) is 0 Å². The van der Waals surface area contributed by atoms with E-state index in [1.54, 1.807) is 31.2 Å². The van der Waals surface area contributed by atoms with E-state index in [4.69, 9.17) is 0 Å². The smallest absolute Gasteiger partial charge is 0.251 e. The Balaban J connectivity index is 1.84. The third-order valence-electron chi connectivity index (χ3n) is 3.36. The van der Waals surface area contributed by atoms with Gasteiger partial charge in [-0.05, 0) is 31.5 Å². The Kier molecular flexibility index (Phi) is 5.31. The molecule has 0 aliphatic rings.